The van der Waals surface area contributed by atoms with E-state index in [0.717, 1.165) is 6.29 Å². The minimum Gasteiger partial charge on any atom is -0.382 e. The second-order valence-electron chi connectivity index (χ2n) is 5.12. The van der Waals surface area contributed by atoms with Crippen molar-refractivity contribution in [1.29, 1.82) is 0 Å². The lowest BCUT2D eigenvalue weighted by Crippen LogP contribution is -2.29. The second kappa shape index (κ2) is 24.3. The van der Waals surface area contributed by atoms with Gasteiger partial charge in [0.15, 0.2) is 0 Å². The van der Waals surface area contributed by atoms with Gasteiger partial charge in [-0.05, 0) is 31.6 Å². The average molecular weight is 461 g/mol. The molecule has 2 N–H and O–H groups in total. The number of methoxy groups -OCH3 is 1. The highest BCUT2D eigenvalue weighted by atomic mass is 32.2. The van der Waals surface area contributed by atoms with Gasteiger partial charge in [0.1, 0.15) is 19.4 Å². The first-order chi connectivity index (χ1) is 13.2. The average Bonchev–Trinajstić information content (AvgIpc) is 2.99. The Morgan fingerprint density at radius 3 is 2.21 bits per heavy atom. The van der Waals surface area contributed by atoms with Crippen molar-refractivity contribution >= 4 is 50.8 Å². The van der Waals surface area contributed by atoms with E-state index >= 15 is 0 Å². The van der Waals surface area contributed by atoms with Gasteiger partial charge in [-0.2, -0.15) is 12.6 Å². The zero-order chi connectivity index (χ0) is 22.4. The molecule has 0 aromatic rings. The molecule has 1 aliphatic heterocycles. The summed E-state index contributed by atoms with van der Waals surface area (Å²) in [6.45, 7) is 8.83. The zero-order valence-corrected chi connectivity index (χ0v) is 20.2. The van der Waals surface area contributed by atoms with Crippen molar-refractivity contribution in [2.45, 2.75) is 40.2 Å². The first-order valence-electron chi connectivity index (χ1n) is 8.72. The molecular weight excluding hydrogens is 425 g/mol. The normalized spacial score (nSPS) is 12.7. The Bertz CT molecular complexity index is 431. The maximum absolute atomic E-state index is 10.7. The van der Waals surface area contributed by atoms with Crippen LogP contribution in [0.2, 0.25) is 0 Å². The topological polar surface area (TPSA) is 114 Å². The summed E-state index contributed by atoms with van der Waals surface area (Å²) in [5.74, 6) is 1.03. The lowest BCUT2D eigenvalue weighted by Gasteiger charge is -2.09. The van der Waals surface area contributed by atoms with Crippen molar-refractivity contribution in [3.8, 4) is 0 Å². The summed E-state index contributed by atoms with van der Waals surface area (Å²) in [7, 11) is 0.0917. The van der Waals surface area contributed by atoms with Crippen LogP contribution in [-0.4, -0.2) is 73.9 Å². The van der Waals surface area contributed by atoms with Crippen LogP contribution >= 0.6 is 32.6 Å². The Hall–Kier alpha value is -0.710. The maximum Gasteiger partial charge on any atom is 0.613 e. The standard InChI is InChI=1S/C5H8N2O2S.C4H11NO2PS.C4H10O.C3H6O/c8-4-3-7(1-2-10)5(9)6-4;1-3-7-8(6)5-4-9-2;1-4(2)5-3;1-2-3-4/h10H,1-3H2,(H,6,8,9);3-4H2,1-2H3,(H,5,6);4H,1-3H3;3H,2H2,1H3/q;+1;;. The molecule has 0 aromatic heterocycles. The van der Waals surface area contributed by atoms with Crippen molar-refractivity contribution < 1.29 is 28.2 Å². The molecule has 0 aliphatic carbocycles. The fourth-order valence-electron chi connectivity index (χ4n) is 1.06. The van der Waals surface area contributed by atoms with E-state index in [4.69, 9.17) is 9.26 Å². The third kappa shape index (κ3) is 25.3. The van der Waals surface area contributed by atoms with Gasteiger partial charge in [-0.3, -0.25) is 10.1 Å². The molecule has 166 valence electrons. The van der Waals surface area contributed by atoms with E-state index in [0.29, 0.717) is 37.3 Å². The zero-order valence-electron chi connectivity index (χ0n) is 17.6. The molecule has 1 rings (SSSR count). The molecule has 0 radical (unpaired) electrons. The number of aldehydes is 1. The number of nitrogens with one attached hydrogen (secondary N) is 2. The fourth-order valence-corrected chi connectivity index (χ4v) is 2.57. The van der Waals surface area contributed by atoms with Crippen LogP contribution in [0.3, 0.4) is 0 Å². The predicted octanol–water partition coefficient (Wildman–Crippen LogP) is 2.69. The number of amides is 3. The summed E-state index contributed by atoms with van der Waals surface area (Å²) in [5.41, 5.74) is 0. The fraction of sp³-hybridized carbons (Fsp3) is 0.812. The van der Waals surface area contributed by atoms with Crippen LogP contribution in [0.1, 0.15) is 34.1 Å². The van der Waals surface area contributed by atoms with Crippen molar-refractivity contribution in [2.24, 2.45) is 0 Å². The Morgan fingerprint density at radius 2 is 1.93 bits per heavy atom. The first-order valence-corrected chi connectivity index (χ1v) is 11.9. The third-order valence-electron chi connectivity index (χ3n) is 2.46. The number of thioether (sulfide) groups is 1. The molecule has 1 fully saturated rings. The van der Waals surface area contributed by atoms with Crippen LogP contribution in [0, 0.1) is 0 Å². The quantitative estimate of drug-likeness (QED) is 0.158. The molecule has 1 atom stereocenters. The Balaban J connectivity index is -0.000000319. The summed E-state index contributed by atoms with van der Waals surface area (Å²) in [5, 5.41) is 4.85. The lowest BCUT2D eigenvalue weighted by molar-refractivity contribution is -0.118. The second-order valence-corrected chi connectivity index (χ2v) is 7.53. The van der Waals surface area contributed by atoms with E-state index in [2.05, 4.69) is 23.0 Å². The summed E-state index contributed by atoms with van der Waals surface area (Å²) < 4.78 is 20.1. The van der Waals surface area contributed by atoms with E-state index in [-0.39, 0.29) is 18.5 Å². The van der Waals surface area contributed by atoms with Gasteiger partial charge < -0.3 is 14.4 Å². The lowest BCUT2D eigenvalue weighted by atomic mass is 10.5. The van der Waals surface area contributed by atoms with Crippen LogP contribution in [0.15, 0.2) is 0 Å². The molecule has 1 unspecified atom stereocenters. The van der Waals surface area contributed by atoms with Crippen LogP contribution < -0.4 is 10.4 Å². The number of carbonyl (C=O) groups is 3. The van der Waals surface area contributed by atoms with Gasteiger partial charge >= 0.3 is 14.2 Å². The van der Waals surface area contributed by atoms with E-state index in [1.165, 1.54) is 4.90 Å². The third-order valence-corrected chi connectivity index (χ3v) is 4.22. The number of imide groups is 1. The number of nitrogens with zero attached hydrogens (tertiary/aromatic N) is 1. The van der Waals surface area contributed by atoms with Crippen LogP contribution in [-0.2, 0) is 23.4 Å². The van der Waals surface area contributed by atoms with Gasteiger partial charge in [0.2, 0.25) is 5.91 Å². The Kier molecular flexibility index (Phi) is 27.8. The van der Waals surface area contributed by atoms with E-state index in [1.807, 2.05) is 34.0 Å². The molecular formula is C16H35N3O6PS2+. The van der Waals surface area contributed by atoms with E-state index < -0.39 is 8.18 Å². The van der Waals surface area contributed by atoms with Crippen molar-refractivity contribution in [3.05, 3.63) is 0 Å². The summed E-state index contributed by atoms with van der Waals surface area (Å²) in [4.78, 5) is 31.9. The van der Waals surface area contributed by atoms with Crippen molar-refractivity contribution in [2.75, 3.05) is 44.7 Å². The van der Waals surface area contributed by atoms with Crippen molar-refractivity contribution in [3.63, 3.8) is 0 Å². The molecule has 0 saturated carbocycles. The number of ether oxygens (including phenoxy) is 1. The van der Waals surface area contributed by atoms with Gasteiger partial charge in [-0.15, -0.1) is 16.3 Å². The van der Waals surface area contributed by atoms with Gasteiger partial charge in [-0.25, -0.2) is 4.79 Å². The molecule has 1 heterocycles. The molecule has 3 amide bonds. The number of urea groups is 1. The number of carbonyl (C=O) groups excluding carboxylic acids is 3. The van der Waals surface area contributed by atoms with Gasteiger partial charge in [0.05, 0.1) is 12.0 Å². The molecule has 0 aromatic carbocycles. The Morgan fingerprint density at radius 1 is 1.39 bits per heavy atom. The minimum atomic E-state index is -1.61. The SMILES string of the molecule is CCC=O.CCO[P+](=O)NCSC.COC(C)C.O=C1CN(CCS)C(=O)N1. The number of hydrogen-bond acceptors (Lipinski definition) is 8. The highest BCUT2D eigenvalue weighted by molar-refractivity contribution is 7.98. The summed E-state index contributed by atoms with van der Waals surface area (Å²) >= 11 is 5.51. The molecule has 1 saturated heterocycles. The summed E-state index contributed by atoms with van der Waals surface area (Å²) in [6.07, 6.45) is 3.83. The smallest absolute Gasteiger partial charge is 0.382 e. The molecule has 0 spiro atoms. The van der Waals surface area contributed by atoms with Crippen LogP contribution in [0.5, 0.6) is 0 Å². The largest absolute Gasteiger partial charge is 0.613 e. The molecule has 0 bridgehead atoms. The van der Waals surface area contributed by atoms with Gasteiger partial charge in [0.25, 0.3) is 0 Å². The monoisotopic (exact) mass is 460 g/mol. The van der Waals surface area contributed by atoms with Crippen molar-refractivity contribution in [1.82, 2.24) is 15.3 Å². The molecule has 28 heavy (non-hydrogen) atoms. The number of rotatable bonds is 9. The van der Waals surface area contributed by atoms with Gasteiger partial charge in [-0.1, -0.05) is 12.0 Å². The number of hydrogen-bond donors (Lipinski definition) is 3. The Labute approximate surface area is 179 Å². The highest BCUT2D eigenvalue weighted by Crippen LogP contribution is 2.15. The first kappa shape index (κ1) is 32.0. The predicted molar refractivity (Wildman–Crippen MR) is 118 cm³/mol. The van der Waals surface area contributed by atoms with Crippen LogP contribution in [0.25, 0.3) is 0 Å². The summed E-state index contributed by atoms with van der Waals surface area (Å²) in [6, 6.07) is -0.306. The molecule has 9 nitrogen and oxygen atoms in total. The molecule has 1 aliphatic rings. The highest BCUT2D eigenvalue weighted by Gasteiger charge is 2.25. The minimum absolute atomic E-state index is 0.180. The van der Waals surface area contributed by atoms with E-state index in [9.17, 15) is 18.9 Å². The van der Waals surface area contributed by atoms with E-state index in [1.54, 1.807) is 18.9 Å². The number of thiol groups is 1. The molecule has 12 heteroatoms. The maximum atomic E-state index is 10.7. The van der Waals surface area contributed by atoms with Crippen LogP contribution in [0.4, 0.5) is 4.79 Å². The van der Waals surface area contributed by atoms with Gasteiger partial charge in [0, 0.05) is 25.8 Å².